The van der Waals surface area contributed by atoms with E-state index in [2.05, 4.69) is 5.32 Å². The quantitative estimate of drug-likeness (QED) is 0.855. The Labute approximate surface area is 122 Å². The lowest BCUT2D eigenvalue weighted by molar-refractivity contribution is 0.509. The Morgan fingerprint density at radius 1 is 1.15 bits per heavy atom. The summed E-state index contributed by atoms with van der Waals surface area (Å²) in [4.78, 5) is 0. The summed E-state index contributed by atoms with van der Waals surface area (Å²) in [7, 11) is 0. The van der Waals surface area contributed by atoms with Crippen molar-refractivity contribution in [1.82, 2.24) is 5.32 Å². The normalized spacial score (nSPS) is 12.4. The van der Waals surface area contributed by atoms with Gasteiger partial charge in [-0.2, -0.15) is 0 Å². The third kappa shape index (κ3) is 3.56. The summed E-state index contributed by atoms with van der Waals surface area (Å²) in [6.45, 7) is 2.61. The van der Waals surface area contributed by atoms with E-state index in [1.54, 1.807) is 18.2 Å². The zero-order valence-corrected chi connectivity index (χ0v) is 11.9. The van der Waals surface area contributed by atoms with Crippen molar-refractivity contribution in [3.05, 3.63) is 70.2 Å². The first-order valence-corrected chi connectivity index (χ1v) is 6.91. The minimum absolute atomic E-state index is 0.282. The van der Waals surface area contributed by atoms with Crippen molar-refractivity contribution in [3.63, 3.8) is 0 Å². The molecule has 2 aromatic rings. The van der Waals surface area contributed by atoms with Gasteiger partial charge in [0, 0.05) is 16.6 Å². The average Bonchev–Trinajstić information content (AvgIpc) is 2.38. The number of hydrogen-bond donors (Lipinski definition) is 1. The number of likely N-dealkylation sites (N-methyl/N-ethyl adjacent to an activating group) is 1. The lowest BCUT2D eigenvalue weighted by Crippen LogP contribution is -2.24. The van der Waals surface area contributed by atoms with Gasteiger partial charge in [0.05, 0.1) is 0 Å². The molecule has 106 valence electrons. The zero-order chi connectivity index (χ0) is 14.5. The van der Waals surface area contributed by atoms with E-state index < -0.39 is 0 Å². The van der Waals surface area contributed by atoms with Crippen LogP contribution in [0.3, 0.4) is 0 Å². The molecular formula is C16H16ClF2N. The Morgan fingerprint density at radius 3 is 2.55 bits per heavy atom. The number of hydrogen-bond acceptors (Lipinski definition) is 1. The second-order valence-corrected chi connectivity index (χ2v) is 4.99. The van der Waals surface area contributed by atoms with Gasteiger partial charge in [0.15, 0.2) is 0 Å². The molecule has 0 aliphatic carbocycles. The zero-order valence-electron chi connectivity index (χ0n) is 11.2. The van der Waals surface area contributed by atoms with Crippen molar-refractivity contribution in [2.75, 3.05) is 6.54 Å². The number of rotatable bonds is 5. The van der Waals surface area contributed by atoms with Crippen LogP contribution < -0.4 is 5.32 Å². The molecule has 0 saturated heterocycles. The molecule has 0 saturated carbocycles. The molecule has 0 aliphatic rings. The SMILES string of the molecule is CCNC(Cc1cccc(F)c1)c1c(F)cccc1Cl. The summed E-state index contributed by atoms with van der Waals surface area (Å²) in [6, 6.07) is 10.7. The summed E-state index contributed by atoms with van der Waals surface area (Å²) in [5, 5.41) is 3.58. The Bertz CT molecular complexity index is 566. The largest absolute Gasteiger partial charge is 0.310 e. The van der Waals surface area contributed by atoms with Crippen LogP contribution in [0.1, 0.15) is 24.1 Å². The van der Waals surface area contributed by atoms with Gasteiger partial charge in [0.1, 0.15) is 11.6 Å². The molecule has 0 spiro atoms. The van der Waals surface area contributed by atoms with Crippen LogP contribution >= 0.6 is 11.6 Å². The molecule has 2 aromatic carbocycles. The van der Waals surface area contributed by atoms with Crippen LogP contribution in [0.4, 0.5) is 8.78 Å². The maximum Gasteiger partial charge on any atom is 0.129 e. The lowest BCUT2D eigenvalue weighted by atomic mass is 9.98. The van der Waals surface area contributed by atoms with E-state index in [9.17, 15) is 8.78 Å². The van der Waals surface area contributed by atoms with Crippen molar-refractivity contribution in [2.45, 2.75) is 19.4 Å². The first-order valence-electron chi connectivity index (χ1n) is 6.53. The summed E-state index contributed by atoms with van der Waals surface area (Å²) >= 11 is 6.10. The Morgan fingerprint density at radius 2 is 1.90 bits per heavy atom. The van der Waals surface area contributed by atoms with Gasteiger partial charge >= 0.3 is 0 Å². The molecule has 20 heavy (non-hydrogen) atoms. The molecule has 0 aromatic heterocycles. The van der Waals surface area contributed by atoms with E-state index in [-0.39, 0.29) is 17.7 Å². The van der Waals surface area contributed by atoms with Crippen molar-refractivity contribution >= 4 is 11.6 Å². The molecule has 0 fully saturated rings. The van der Waals surface area contributed by atoms with Crippen LogP contribution in [0.2, 0.25) is 5.02 Å². The molecule has 2 rings (SSSR count). The topological polar surface area (TPSA) is 12.0 Å². The molecule has 1 nitrogen and oxygen atoms in total. The smallest absolute Gasteiger partial charge is 0.129 e. The molecule has 1 unspecified atom stereocenters. The van der Waals surface area contributed by atoms with Crippen molar-refractivity contribution in [1.29, 1.82) is 0 Å². The second kappa shape index (κ2) is 6.82. The standard InChI is InChI=1S/C16H16ClF2N/c1-2-20-15(10-11-5-3-6-12(18)9-11)16-13(17)7-4-8-14(16)19/h3-9,15,20H,2,10H2,1H3. The number of halogens is 3. The summed E-state index contributed by atoms with van der Waals surface area (Å²) in [6.07, 6.45) is 0.478. The summed E-state index contributed by atoms with van der Waals surface area (Å²) in [5.41, 5.74) is 1.23. The van der Waals surface area contributed by atoms with E-state index in [4.69, 9.17) is 11.6 Å². The van der Waals surface area contributed by atoms with Crippen molar-refractivity contribution < 1.29 is 8.78 Å². The molecule has 0 aliphatic heterocycles. The van der Waals surface area contributed by atoms with Gasteiger partial charge in [-0.1, -0.05) is 36.7 Å². The highest BCUT2D eigenvalue weighted by Gasteiger charge is 2.18. The van der Waals surface area contributed by atoms with Gasteiger partial charge in [-0.25, -0.2) is 8.78 Å². The van der Waals surface area contributed by atoms with Crippen LogP contribution in [0, 0.1) is 11.6 Å². The highest BCUT2D eigenvalue weighted by atomic mass is 35.5. The lowest BCUT2D eigenvalue weighted by Gasteiger charge is -2.20. The minimum atomic E-state index is -0.347. The Balaban J connectivity index is 2.32. The molecule has 0 amide bonds. The van der Waals surface area contributed by atoms with E-state index in [1.165, 1.54) is 18.2 Å². The van der Waals surface area contributed by atoms with Crippen LogP contribution in [-0.2, 0) is 6.42 Å². The van der Waals surface area contributed by atoms with Crippen LogP contribution in [-0.4, -0.2) is 6.54 Å². The monoisotopic (exact) mass is 295 g/mol. The fourth-order valence-corrected chi connectivity index (χ4v) is 2.56. The van der Waals surface area contributed by atoms with E-state index in [1.807, 2.05) is 13.0 Å². The fraction of sp³-hybridized carbons (Fsp3) is 0.250. The van der Waals surface area contributed by atoms with Crippen LogP contribution in [0.25, 0.3) is 0 Å². The maximum atomic E-state index is 14.0. The molecular weight excluding hydrogens is 280 g/mol. The minimum Gasteiger partial charge on any atom is -0.310 e. The molecule has 0 radical (unpaired) electrons. The van der Waals surface area contributed by atoms with Gasteiger partial charge in [-0.3, -0.25) is 0 Å². The fourth-order valence-electron chi connectivity index (χ4n) is 2.27. The molecule has 0 heterocycles. The van der Waals surface area contributed by atoms with E-state index >= 15 is 0 Å². The predicted molar refractivity (Wildman–Crippen MR) is 77.9 cm³/mol. The number of benzene rings is 2. The molecule has 1 atom stereocenters. The maximum absolute atomic E-state index is 14.0. The highest BCUT2D eigenvalue weighted by molar-refractivity contribution is 6.31. The first-order chi connectivity index (χ1) is 9.61. The highest BCUT2D eigenvalue weighted by Crippen LogP contribution is 2.28. The van der Waals surface area contributed by atoms with Crippen molar-refractivity contribution in [3.8, 4) is 0 Å². The Kier molecular flexibility index (Phi) is 5.10. The molecule has 0 bridgehead atoms. The van der Waals surface area contributed by atoms with Gasteiger partial charge in [-0.15, -0.1) is 0 Å². The van der Waals surface area contributed by atoms with E-state index in [0.717, 1.165) is 5.56 Å². The molecule has 1 N–H and O–H groups in total. The summed E-state index contributed by atoms with van der Waals surface area (Å²) < 4.78 is 27.3. The average molecular weight is 296 g/mol. The summed E-state index contributed by atoms with van der Waals surface area (Å²) in [5.74, 6) is -0.641. The van der Waals surface area contributed by atoms with Gasteiger partial charge in [0.2, 0.25) is 0 Å². The molecule has 4 heteroatoms. The van der Waals surface area contributed by atoms with Gasteiger partial charge in [-0.05, 0) is 42.8 Å². The van der Waals surface area contributed by atoms with Gasteiger partial charge in [0.25, 0.3) is 0 Å². The van der Waals surface area contributed by atoms with E-state index in [0.29, 0.717) is 23.6 Å². The van der Waals surface area contributed by atoms with Crippen LogP contribution in [0.5, 0.6) is 0 Å². The number of nitrogens with one attached hydrogen (secondary N) is 1. The third-order valence-electron chi connectivity index (χ3n) is 3.13. The van der Waals surface area contributed by atoms with Crippen molar-refractivity contribution in [2.24, 2.45) is 0 Å². The first kappa shape index (κ1) is 14.9. The second-order valence-electron chi connectivity index (χ2n) is 4.58. The Hall–Kier alpha value is -1.45. The van der Waals surface area contributed by atoms with Crippen LogP contribution in [0.15, 0.2) is 42.5 Å². The third-order valence-corrected chi connectivity index (χ3v) is 3.46. The van der Waals surface area contributed by atoms with Gasteiger partial charge < -0.3 is 5.32 Å². The predicted octanol–water partition coefficient (Wildman–Crippen LogP) is 4.51.